The van der Waals surface area contributed by atoms with Gasteiger partial charge in [-0.1, -0.05) is 22.9 Å². The van der Waals surface area contributed by atoms with Crippen LogP contribution in [0.25, 0.3) is 22.2 Å². The number of aromatic amines is 1. The van der Waals surface area contributed by atoms with Crippen molar-refractivity contribution in [3.05, 3.63) is 46.7 Å². The number of aromatic nitrogens is 3. The van der Waals surface area contributed by atoms with Crippen molar-refractivity contribution in [2.75, 3.05) is 0 Å². The predicted molar refractivity (Wildman–Crippen MR) is 90.3 cm³/mol. The van der Waals surface area contributed by atoms with Crippen LogP contribution in [0.1, 0.15) is 25.8 Å². The molecule has 0 saturated heterocycles. The summed E-state index contributed by atoms with van der Waals surface area (Å²) in [6, 6.07) is 10.6. The van der Waals surface area contributed by atoms with Gasteiger partial charge in [0.25, 0.3) is 0 Å². The van der Waals surface area contributed by atoms with Crippen molar-refractivity contribution in [2.24, 2.45) is 0 Å². The molecule has 2 aromatic heterocycles. The van der Waals surface area contributed by atoms with Gasteiger partial charge in [0.2, 0.25) is 0 Å². The van der Waals surface area contributed by atoms with Crippen LogP contribution >= 0.6 is 15.9 Å². The van der Waals surface area contributed by atoms with Gasteiger partial charge < -0.3 is 0 Å². The molecule has 4 nitrogen and oxygen atoms in total. The molecule has 5 heteroatoms. The van der Waals surface area contributed by atoms with Crippen LogP contribution in [0.2, 0.25) is 0 Å². The Bertz CT molecular complexity index is 878. The zero-order chi connectivity index (χ0) is 15.7. The third-order valence-corrected chi connectivity index (χ3v) is 4.61. The Morgan fingerprint density at radius 2 is 2.18 bits per heavy atom. The van der Waals surface area contributed by atoms with Crippen LogP contribution < -0.4 is 0 Å². The summed E-state index contributed by atoms with van der Waals surface area (Å²) in [5, 5.41) is 17.5. The van der Waals surface area contributed by atoms with Gasteiger partial charge >= 0.3 is 0 Å². The zero-order valence-corrected chi connectivity index (χ0v) is 14.0. The van der Waals surface area contributed by atoms with Crippen molar-refractivity contribution in [3.8, 4) is 17.2 Å². The molecule has 0 amide bonds. The van der Waals surface area contributed by atoms with Gasteiger partial charge in [0.1, 0.15) is 0 Å². The van der Waals surface area contributed by atoms with Gasteiger partial charge in [-0.05, 0) is 54.3 Å². The van der Waals surface area contributed by atoms with Crippen LogP contribution in [0, 0.1) is 11.3 Å². The van der Waals surface area contributed by atoms with Gasteiger partial charge in [-0.15, -0.1) is 0 Å². The van der Waals surface area contributed by atoms with E-state index in [0.29, 0.717) is 0 Å². The third kappa shape index (κ3) is 2.40. The van der Waals surface area contributed by atoms with Crippen molar-refractivity contribution in [3.63, 3.8) is 0 Å². The molecule has 0 aliphatic rings. The molecule has 1 atom stereocenters. The lowest BCUT2D eigenvalue weighted by molar-refractivity contribution is 0.587. The highest BCUT2D eigenvalue weighted by molar-refractivity contribution is 9.10. The summed E-state index contributed by atoms with van der Waals surface area (Å²) in [5.41, 5.74) is 3.37. The first-order valence-corrected chi connectivity index (χ1v) is 7.87. The summed E-state index contributed by atoms with van der Waals surface area (Å²) in [7, 11) is 0. The number of fused-ring (bicyclic) bond motifs is 1. The zero-order valence-electron chi connectivity index (χ0n) is 12.4. The summed E-state index contributed by atoms with van der Waals surface area (Å²) < 4.78 is 0.961. The number of hydrogen-bond donors (Lipinski definition) is 1. The fraction of sp³-hybridized carbons (Fsp3) is 0.235. The number of benzene rings is 1. The van der Waals surface area contributed by atoms with Gasteiger partial charge in [0.05, 0.1) is 17.7 Å². The van der Waals surface area contributed by atoms with E-state index >= 15 is 0 Å². The molecule has 110 valence electrons. The number of rotatable bonds is 3. The Balaban J connectivity index is 2.23. The van der Waals surface area contributed by atoms with Crippen LogP contribution in [0.5, 0.6) is 0 Å². The highest BCUT2D eigenvalue weighted by atomic mass is 79.9. The molecular formula is C17H15BrN4. The second-order valence-corrected chi connectivity index (χ2v) is 6.43. The molecule has 3 aromatic rings. The van der Waals surface area contributed by atoms with E-state index in [2.05, 4.69) is 49.3 Å². The fourth-order valence-corrected chi connectivity index (χ4v) is 3.01. The smallest absolute Gasteiger partial charge is 0.155 e. The van der Waals surface area contributed by atoms with E-state index in [0.717, 1.165) is 38.6 Å². The summed E-state index contributed by atoms with van der Waals surface area (Å²) in [5.74, 6) is 0. The van der Waals surface area contributed by atoms with Gasteiger partial charge in [0, 0.05) is 16.1 Å². The van der Waals surface area contributed by atoms with E-state index < -0.39 is 5.41 Å². The molecule has 0 aliphatic carbocycles. The fourth-order valence-electron chi connectivity index (χ4n) is 2.51. The van der Waals surface area contributed by atoms with Gasteiger partial charge in [-0.2, -0.15) is 10.4 Å². The summed E-state index contributed by atoms with van der Waals surface area (Å²) >= 11 is 3.57. The average molecular weight is 355 g/mol. The lowest BCUT2D eigenvalue weighted by Gasteiger charge is -2.21. The Kier molecular flexibility index (Phi) is 3.71. The molecule has 1 unspecified atom stereocenters. The summed E-state index contributed by atoms with van der Waals surface area (Å²) in [6.45, 7) is 4.00. The number of H-pyrrole nitrogens is 1. The van der Waals surface area contributed by atoms with E-state index in [1.807, 2.05) is 26.0 Å². The topological polar surface area (TPSA) is 65.4 Å². The molecule has 0 radical (unpaired) electrons. The summed E-state index contributed by atoms with van der Waals surface area (Å²) in [6.07, 6.45) is 4.30. The number of halogens is 1. The minimum absolute atomic E-state index is 0.499. The van der Waals surface area contributed by atoms with Crippen LogP contribution in [-0.4, -0.2) is 15.2 Å². The highest BCUT2D eigenvalue weighted by Crippen LogP contribution is 2.35. The second-order valence-electron chi connectivity index (χ2n) is 5.52. The molecule has 0 bridgehead atoms. The van der Waals surface area contributed by atoms with Gasteiger partial charge in [-0.3, -0.25) is 5.10 Å². The maximum absolute atomic E-state index is 9.54. The molecule has 1 N–H and O–H groups in total. The molecule has 0 spiro atoms. The second kappa shape index (κ2) is 5.54. The van der Waals surface area contributed by atoms with Crippen molar-refractivity contribution in [1.82, 2.24) is 15.2 Å². The maximum atomic E-state index is 9.54. The largest absolute Gasteiger partial charge is 0.261 e. The molecular weight excluding hydrogens is 340 g/mol. The molecule has 3 rings (SSSR count). The first-order valence-electron chi connectivity index (χ1n) is 7.08. The van der Waals surface area contributed by atoms with E-state index in [-0.39, 0.29) is 0 Å². The first-order chi connectivity index (χ1) is 10.6. The maximum Gasteiger partial charge on any atom is 0.155 e. The predicted octanol–water partition coefficient (Wildman–Crippen LogP) is 4.58. The van der Waals surface area contributed by atoms with Crippen molar-refractivity contribution < 1.29 is 0 Å². The number of hydrogen-bond acceptors (Lipinski definition) is 3. The number of pyridine rings is 1. The normalized spacial score (nSPS) is 13.7. The monoisotopic (exact) mass is 354 g/mol. The summed E-state index contributed by atoms with van der Waals surface area (Å²) in [4.78, 5) is 4.27. The lowest BCUT2D eigenvalue weighted by atomic mass is 9.80. The number of nitrogens with one attached hydrogen (secondary N) is 1. The molecule has 1 aromatic carbocycles. The van der Waals surface area contributed by atoms with E-state index in [9.17, 15) is 5.26 Å². The minimum Gasteiger partial charge on any atom is -0.261 e. The molecule has 0 saturated carbocycles. The standard InChI is InChI=1S/C17H15BrN4/c1-3-17(2,10-19)12-6-11(7-13(18)8-12)14-4-5-20-16-15(14)9-21-22-16/h4-9H,3H2,1-2H3,(H,20,21,22). The Morgan fingerprint density at radius 3 is 2.91 bits per heavy atom. The van der Waals surface area contributed by atoms with Crippen molar-refractivity contribution >= 4 is 27.0 Å². The van der Waals surface area contributed by atoms with Crippen molar-refractivity contribution in [2.45, 2.75) is 25.7 Å². The molecule has 0 aliphatic heterocycles. The van der Waals surface area contributed by atoms with Crippen LogP contribution in [0.3, 0.4) is 0 Å². The van der Waals surface area contributed by atoms with E-state index in [1.165, 1.54) is 0 Å². The van der Waals surface area contributed by atoms with Crippen LogP contribution in [0.4, 0.5) is 0 Å². The third-order valence-electron chi connectivity index (χ3n) is 4.15. The Morgan fingerprint density at radius 1 is 1.36 bits per heavy atom. The first kappa shape index (κ1) is 14.7. The quantitative estimate of drug-likeness (QED) is 0.748. The van der Waals surface area contributed by atoms with Gasteiger partial charge in [-0.25, -0.2) is 4.98 Å². The Hall–Kier alpha value is -2.19. The van der Waals surface area contributed by atoms with Crippen LogP contribution in [0.15, 0.2) is 41.1 Å². The lowest BCUT2D eigenvalue weighted by Crippen LogP contribution is -2.18. The number of nitrogens with zero attached hydrogens (tertiary/aromatic N) is 3. The van der Waals surface area contributed by atoms with Crippen molar-refractivity contribution in [1.29, 1.82) is 5.26 Å². The molecule has 22 heavy (non-hydrogen) atoms. The van der Waals surface area contributed by atoms with E-state index in [4.69, 9.17) is 0 Å². The average Bonchev–Trinajstić information content (AvgIpc) is 3.02. The Labute approximate surface area is 137 Å². The minimum atomic E-state index is -0.499. The van der Waals surface area contributed by atoms with Gasteiger partial charge in [0.15, 0.2) is 5.65 Å². The van der Waals surface area contributed by atoms with Crippen LogP contribution in [-0.2, 0) is 5.41 Å². The number of nitriles is 1. The highest BCUT2D eigenvalue weighted by Gasteiger charge is 2.25. The SMILES string of the molecule is CCC(C)(C#N)c1cc(Br)cc(-c2ccnc3[nH]ncc23)c1. The molecule has 2 heterocycles. The molecule has 0 fully saturated rings. The van der Waals surface area contributed by atoms with E-state index in [1.54, 1.807) is 12.4 Å².